The molecule has 0 aliphatic rings. The van der Waals surface area contributed by atoms with Crippen LogP contribution in [0.1, 0.15) is 16.7 Å². The molecule has 0 fully saturated rings. The van der Waals surface area contributed by atoms with Crippen LogP contribution in [0.4, 0.5) is 0 Å². The molecule has 0 saturated heterocycles. The van der Waals surface area contributed by atoms with E-state index in [1.165, 1.54) is 18.2 Å². The number of aryl methyl sites for hydroxylation is 1. The van der Waals surface area contributed by atoms with Gasteiger partial charge < -0.3 is 0 Å². The number of hydrogen-bond acceptors (Lipinski definition) is 3. The Balaban J connectivity index is 1.94. The number of allylic oxidation sites excluding steroid dienone is 1. The summed E-state index contributed by atoms with van der Waals surface area (Å²) < 4.78 is 28.3. The molecule has 0 saturated carbocycles. The van der Waals surface area contributed by atoms with E-state index in [2.05, 4.69) is 32.5 Å². The molecule has 0 aromatic heterocycles. The van der Waals surface area contributed by atoms with Crippen molar-refractivity contribution in [3.05, 3.63) is 106 Å². The van der Waals surface area contributed by atoms with Gasteiger partial charge in [0.05, 0.1) is 10.5 Å². The molecule has 1 N–H and O–H groups in total. The summed E-state index contributed by atoms with van der Waals surface area (Å²) in [6.45, 7) is 1.86. The Kier molecular flexibility index (Phi) is 6.88. The van der Waals surface area contributed by atoms with E-state index in [1.807, 2.05) is 37.3 Å². The maximum absolute atomic E-state index is 12.9. The molecular weight excluding hydrogens is 462 g/mol. The van der Waals surface area contributed by atoms with Crippen LogP contribution in [0, 0.1) is 18.8 Å². The molecule has 3 aromatic carbocycles. The Labute approximate surface area is 184 Å². The van der Waals surface area contributed by atoms with Crippen molar-refractivity contribution in [2.45, 2.75) is 11.8 Å². The molecule has 0 aliphatic heterocycles. The zero-order valence-corrected chi connectivity index (χ0v) is 18.5. The molecule has 4 nitrogen and oxygen atoms in total. The number of carbonyl (C=O) groups is 1. The van der Waals surface area contributed by atoms with Gasteiger partial charge in [-0.3, -0.25) is 4.79 Å². The molecule has 0 unspecified atom stereocenters. The molecule has 30 heavy (non-hydrogen) atoms. The van der Waals surface area contributed by atoms with Crippen molar-refractivity contribution >= 4 is 37.4 Å². The van der Waals surface area contributed by atoms with Crippen LogP contribution in [0.3, 0.4) is 0 Å². The second-order valence-corrected chi connectivity index (χ2v) is 9.05. The molecule has 3 aromatic rings. The summed E-state index contributed by atoms with van der Waals surface area (Å²) in [5, 5.41) is 0. The van der Waals surface area contributed by atoms with Crippen LogP contribution in [-0.4, -0.2) is 14.3 Å². The highest BCUT2D eigenvalue weighted by Gasteiger charge is 2.21. The van der Waals surface area contributed by atoms with E-state index in [-0.39, 0.29) is 10.5 Å². The Morgan fingerprint density at radius 2 is 1.57 bits per heavy atom. The highest BCUT2D eigenvalue weighted by molar-refractivity contribution is 9.10. The standard InChI is InChI=1S/C24H18BrNO3S/c1-18-10-16-22(17-11-18)30(28,29)26-24(27)23(20-12-14-21(25)15-13-20)9-5-8-19-6-3-2-4-7-19/h2-4,6-7,9-17H,1H3,(H,26,27)/b23-9+. The quantitative estimate of drug-likeness (QED) is 0.435. The molecule has 0 atom stereocenters. The first-order chi connectivity index (χ1) is 14.3. The smallest absolute Gasteiger partial charge is 0.266 e. The second-order valence-electron chi connectivity index (χ2n) is 6.45. The Bertz CT molecular complexity index is 1240. The number of carbonyl (C=O) groups excluding carboxylic acids is 1. The number of sulfonamides is 1. The van der Waals surface area contributed by atoms with E-state index in [1.54, 1.807) is 36.4 Å². The summed E-state index contributed by atoms with van der Waals surface area (Å²) in [7, 11) is -4.01. The molecule has 0 bridgehead atoms. The normalized spacial score (nSPS) is 11.3. The largest absolute Gasteiger partial charge is 0.268 e. The Hall–Kier alpha value is -3.14. The zero-order chi connectivity index (χ0) is 21.6. The van der Waals surface area contributed by atoms with Crippen LogP contribution < -0.4 is 4.72 Å². The molecule has 6 heteroatoms. The molecule has 0 heterocycles. The van der Waals surface area contributed by atoms with Crippen molar-refractivity contribution in [1.29, 1.82) is 0 Å². The van der Waals surface area contributed by atoms with Crippen molar-refractivity contribution in [2.24, 2.45) is 0 Å². The second kappa shape index (κ2) is 9.57. The van der Waals surface area contributed by atoms with E-state index in [0.717, 1.165) is 15.6 Å². The van der Waals surface area contributed by atoms with Crippen molar-refractivity contribution in [1.82, 2.24) is 4.72 Å². The highest BCUT2D eigenvalue weighted by Crippen LogP contribution is 2.19. The maximum Gasteiger partial charge on any atom is 0.266 e. The molecule has 3 rings (SSSR count). The summed E-state index contributed by atoms with van der Waals surface area (Å²) in [6, 6.07) is 22.6. The number of hydrogen-bond donors (Lipinski definition) is 1. The van der Waals surface area contributed by atoms with Crippen molar-refractivity contribution in [3.8, 4) is 11.8 Å². The van der Waals surface area contributed by atoms with Gasteiger partial charge in [0, 0.05) is 16.1 Å². The number of benzene rings is 3. The van der Waals surface area contributed by atoms with Crippen molar-refractivity contribution in [3.63, 3.8) is 0 Å². The van der Waals surface area contributed by atoms with Crippen LogP contribution in [0.2, 0.25) is 0 Å². The van der Waals surface area contributed by atoms with Gasteiger partial charge in [0.2, 0.25) is 0 Å². The van der Waals surface area contributed by atoms with Crippen LogP contribution >= 0.6 is 15.9 Å². The third-order valence-corrected chi connectivity index (χ3v) is 6.04. The summed E-state index contributed by atoms with van der Waals surface area (Å²) in [4.78, 5) is 12.9. The molecule has 0 radical (unpaired) electrons. The Morgan fingerprint density at radius 3 is 2.20 bits per heavy atom. The minimum atomic E-state index is -4.01. The van der Waals surface area contributed by atoms with Crippen LogP contribution in [0.25, 0.3) is 5.57 Å². The minimum absolute atomic E-state index is 0.0203. The monoisotopic (exact) mass is 479 g/mol. The average molecular weight is 480 g/mol. The van der Waals surface area contributed by atoms with Crippen molar-refractivity contribution in [2.75, 3.05) is 0 Å². The van der Waals surface area contributed by atoms with Gasteiger partial charge in [-0.2, -0.15) is 0 Å². The first-order valence-corrected chi connectivity index (χ1v) is 11.3. The number of rotatable bonds is 4. The molecule has 0 spiro atoms. The summed E-state index contributed by atoms with van der Waals surface area (Å²) in [6.07, 6.45) is 1.43. The molecule has 0 aliphatic carbocycles. The number of amides is 1. The van der Waals surface area contributed by atoms with Gasteiger partial charge in [-0.05, 0) is 48.9 Å². The van der Waals surface area contributed by atoms with Crippen LogP contribution in [0.5, 0.6) is 0 Å². The average Bonchev–Trinajstić information content (AvgIpc) is 2.73. The van der Waals surface area contributed by atoms with E-state index in [0.29, 0.717) is 5.56 Å². The number of halogens is 1. The van der Waals surface area contributed by atoms with E-state index >= 15 is 0 Å². The summed E-state index contributed by atoms with van der Waals surface area (Å²) in [5.74, 6) is 5.05. The molecule has 1 amide bonds. The van der Waals surface area contributed by atoms with E-state index in [4.69, 9.17) is 0 Å². The fourth-order valence-corrected chi connectivity index (χ4v) is 3.81. The fraction of sp³-hybridized carbons (Fsp3) is 0.0417. The van der Waals surface area contributed by atoms with E-state index in [9.17, 15) is 13.2 Å². The lowest BCUT2D eigenvalue weighted by Gasteiger charge is -2.10. The SMILES string of the molecule is Cc1ccc(S(=O)(=O)NC(=O)/C(=C/C#Cc2ccccc2)c2ccc(Br)cc2)cc1. The predicted octanol–water partition coefficient (Wildman–Crippen LogP) is 4.70. The predicted molar refractivity (Wildman–Crippen MR) is 122 cm³/mol. The molecular formula is C24H18BrNO3S. The lowest BCUT2D eigenvalue weighted by molar-refractivity contribution is -0.114. The first-order valence-electron chi connectivity index (χ1n) is 9.02. The topological polar surface area (TPSA) is 63.2 Å². The maximum atomic E-state index is 12.9. The van der Waals surface area contributed by atoms with Gasteiger partial charge in [-0.1, -0.05) is 75.8 Å². The fourth-order valence-electron chi connectivity index (χ4n) is 2.58. The third-order valence-electron chi connectivity index (χ3n) is 4.16. The number of nitrogens with one attached hydrogen (secondary N) is 1. The Morgan fingerprint density at radius 1 is 0.933 bits per heavy atom. The van der Waals surface area contributed by atoms with Gasteiger partial charge >= 0.3 is 0 Å². The van der Waals surface area contributed by atoms with Gasteiger partial charge in [-0.25, -0.2) is 13.1 Å². The summed E-state index contributed by atoms with van der Waals surface area (Å²) in [5.41, 5.74) is 2.42. The lowest BCUT2D eigenvalue weighted by atomic mass is 10.1. The van der Waals surface area contributed by atoms with Gasteiger partial charge in [0.15, 0.2) is 0 Å². The van der Waals surface area contributed by atoms with Gasteiger partial charge in [0.1, 0.15) is 0 Å². The first kappa shape index (κ1) is 21.6. The third kappa shape index (κ3) is 5.69. The van der Waals surface area contributed by atoms with E-state index < -0.39 is 15.9 Å². The zero-order valence-electron chi connectivity index (χ0n) is 16.1. The van der Waals surface area contributed by atoms with Gasteiger partial charge in [-0.15, -0.1) is 0 Å². The van der Waals surface area contributed by atoms with Gasteiger partial charge in [0.25, 0.3) is 15.9 Å². The lowest BCUT2D eigenvalue weighted by Crippen LogP contribution is -2.31. The van der Waals surface area contributed by atoms with Crippen molar-refractivity contribution < 1.29 is 13.2 Å². The minimum Gasteiger partial charge on any atom is -0.268 e. The van der Waals surface area contributed by atoms with Crippen LogP contribution in [0.15, 0.2) is 94.3 Å². The van der Waals surface area contributed by atoms with Crippen LogP contribution in [-0.2, 0) is 14.8 Å². The highest BCUT2D eigenvalue weighted by atomic mass is 79.9. The summed E-state index contributed by atoms with van der Waals surface area (Å²) >= 11 is 3.36. The molecule has 150 valence electrons.